The zero-order valence-electron chi connectivity index (χ0n) is 20.5. The summed E-state index contributed by atoms with van der Waals surface area (Å²) < 4.78 is 36.6. The van der Waals surface area contributed by atoms with Gasteiger partial charge in [0.2, 0.25) is 0 Å². The Balaban J connectivity index is 1.87. The Morgan fingerprint density at radius 2 is 1.69 bits per heavy atom. The van der Waals surface area contributed by atoms with Crippen molar-refractivity contribution in [3.05, 3.63) is 95.1 Å². The van der Waals surface area contributed by atoms with Gasteiger partial charge in [0.15, 0.2) is 0 Å². The number of ether oxygens (including phenoxy) is 2. The molecule has 3 rings (SSSR count). The summed E-state index contributed by atoms with van der Waals surface area (Å²) in [5.41, 5.74) is 2.92. The minimum absolute atomic E-state index is 0.0762. The summed E-state index contributed by atoms with van der Waals surface area (Å²) in [6, 6.07) is 21.5. The van der Waals surface area contributed by atoms with Crippen LogP contribution in [-0.4, -0.2) is 12.5 Å². The molecule has 0 fully saturated rings. The number of benzene rings is 3. The second-order valence-corrected chi connectivity index (χ2v) is 8.92. The molecule has 0 aliphatic carbocycles. The van der Waals surface area contributed by atoms with E-state index in [0.717, 1.165) is 29.7 Å². The molecular formula is C29H33F2NO3. The van der Waals surface area contributed by atoms with Gasteiger partial charge in [0.1, 0.15) is 18.1 Å². The molecular weight excluding hydrogens is 448 g/mol. The van der Waals surface area contributed by atoms with Crippen LogP contribution in [0, 0.1) is 5.92 Å². The van der Waals surface area contributed by atoms with E-state index in [1.54, 1.807) is 18.2 Å². The van der Waals surface area contributed by atoms with E-state index < -0.39 is 12.7 Å². The lowest BCUT2D eigenvalue weighted by atomic mass is 9.94. The first-order chi connectivity index (χ1) is 16.9. The Morgan fingerprint density at radius 1 is 0.971 bits per heavy atom. The highest BCUT2D eigenvalue weighted by Crippen LogP contribution is 2.31. The molecule has 0 bridgehead atoms. The molecule has 0 saturated carbocycles. The average molecular weight is 482 g/mol. The molecule has 0 heterocycles. The Labute approximate surface area is 206 Å². The normalized spacial score (nSPS) is 12.0. The number of rotatable bonds is 12. The third-order valence-electron chi connectivity index (χ3n) is 5.61. The van der Waals surface area contributed by atoms with Crippen LogP contribution in [0.25, 0.3) is 0 Å². The van der Waals surface area contributed by atoms with Crippen molar-refractivity contribution in [2.75, 3.05) is 0 Å². The summed E-state index contributed by atoms with van der Waals surface area (Å²) in [7, 11) is 0. The standard InChI is InChI=1S/C29H33F2NO3/c1-4-10-22-16-15-21(19-34-23-11-6-5-7-12-23)18-25(22)28(33)32-26(17-20(2)3)24-13-8-9-14-27(24)35-29(30)31/h5-9,11-16,18,20,26,29H,4,10,17,19H2,1-3H3,(H,32,33). The number of para-hydroxylation sites is 2. The lowest BCUT2D eigenvalue weighted by Gasteiger charge is -2.24. The molecule has 0 saturated heterocycles. The fourth-order valence-corrected chi connectivity index (χ4v) is 4.04. The van der Waals surface area contributed by atoms with E-state index in [-0.39, 0.29) is 17.6 Å². The van der Waals surface area contributed by atoms with Crippen molar-refractivity contribution in [3.63, 3.8) is 0 Å². The lowest BCUT2D eigenvalue weighted by molar-refractivity contribution is -0.0507. The number of halogens is 2. The van der Waals surface area contributed by atoms with Gasteiger partial charge in [-0.1, -0.05) is 75.7 Å². The van der Waals surface area contributed by atoms with E-state index in [4.69, 9.17) is 9.47 Å². The zero-order chi connectivity index (χ0) is 25.2. The van der Waals surface area contributed by atoms with Crippen molar-refractivity contribution in [3.8, 4) is 11.5 Å². The van der Waals surface area contributed by atoms with E-state index in [1.165, 1.54) is 6.07 Å². The molecule has 186 valence electrons. The highest BCUT2D eigenvalue weighted by Gasteiger charge is 2.23. The molecule has 3 aromatic carbocycles. The molecule has 35 heavy (non-hydrogen) atoms. The van der Waals surface area contributed by atoms with E-state index in [2.05, 4.69) is 12.2 Å². The topological polar surface area (TPSA) is 47.6 Å². The third-order valence-corrected chi connectivity index (χ3v) is 5.61. The van der Waals surface area contributed by atoms with E-state index in [1.807, 2.05) is 62.4 Å². The molecule has 1 N–H and O–H groups in total. The van der Waals surface area contributed by atoms with Crippen molar-refractivity contribution in [2.45, 2.75) is 59.3 Å². The first kappa shape index (κ1) is 26.2. The molecule has 0 aliphatic rings. The first-order valence-electron chi connectivity index (χ1n) is 12.0. The quantitative estimate of drug-likeness (QED) is 0.294. The number of alkyl halides is 2. The Bertz CT molecular complexity index is 1090. The fourth-order valence-electron chi connectivity index (χ4n) is 4.04. The van der Waals surface area contributed by atoms with Gasteiger partial charge in [-0.15, -0.1) is 0 Å². The molecule has 0 aromatic heterocycles. The summed E-state index contributed by atoms with van der Waals surface area (Å²) in [5, 5.41) is 3.09. The van der Waals surface area contributed by atoms with Crippen LogP contribution in [0.15, 0.2) is 72.8 Å². The van der Waals surface area contributed by atoms with Crippen molar-refractivity contribution >= 4 is 5.91 Å². The Kier molecular flexibility index (Phi) is 9.65. The zero-order valence-corrected chi connectivity index (χ0v) is 20.5. The van der Waals surface area contributed by atoms with Gasteiger partial charge < -0.3 is 14.8 Å². The molecule has 4 nitrogen and oxygen atoms in total. The lowest BCUT2D eigenvalue weighted by Crippen LogP contribution is -2.31. The van der Waals surface area contributed by atoms with Crippen LogP contribution in [0.1, 0.15) is 66.7 Å². The smallest absolute Gasteiger partial charge is 0.387 e. The molecule has 1 atom stereocenters. The second kappa shape index (κ2) is 12.9. The maximum absolute atomic E-state index is 13.5. The highest BCUT2D eigenvalue weighted by atomic mass is 19.3. The predicted octanol–water partition coefficient (Wildman–Crippen LogP) is 7.34. The first-order valence-corrected chi connectivity index (χ1v) is 12.0. The number of amides is 1. The van der Waals surface area contributed by atoms with Gasteiger partial charge in [0.05, 0.1) is 6.04 Å². The third kappa shape index (κ3) is 7.81. The SMILES string of the molecule is CCCc1ccc(COc2ccccc2)cc1C(=O)NC(CC(C)C)c1ccccc1OC(F)F. The number of hydrogen-bond donors (Lipinski definition) is 1. The Morgan fingerprint density at radius 3 is 2.37 bits per heavy atom. The molecule has 0 radical (unpaired) electrons. The van der Waals surface area contributed by atoms with E-state index >= 15 is 0 Å². The van der Waals surface area contributed by atoms with Gasteiger partial charge in [-0.25, -0.2) is 0 Å². The average Bonchev–Trinajstić information content (AvgIpc) is 2.83. The predicted molar refractivity (Wildman–Crippen MR) is 134 cm³/mol. The van der Waals surface area contributed by atoms with Crippen LogP contribution in [-0.2, 0) is 13.0 Å². The van der Waals surface area contributed by atoms with Crippen molar-refractivity contribution in [1.82, 2.24) is 5.32 Å². The van der Waals surface area contributed by atoms with Gasteiger partial charge in [-0.2, -0.15) is 8.78 Å². The number of carbonyl (C=O) groups excluding carboxylic acids is 1. The number of hydrogen-bond acceptors (Lipinski definition) is 3. The van der Waals surface area contributed by atoms with Crippen LogP contribution < -0.4 is 14.8 Å². The maximum atomic E-state index is 13.5. The van der Waals surface area contributed by atoms with Crippen molar-refractivity contribution in [1.29, 1.82) is 0 Å². The molecule has 0 aliphatic heterocycles. The molecule has 1 amide bonds. The minimum Gasteiger partial charge on any atom is -0.489 e. The maximum Gasteiger partial charge on any atom is 0.387 e. The fraction of sp³-hybridized carbons (Fsp3) is 0.345. The number of aryl methyl sites for hydroxylation is 1. The number of nitrogens with one attached hydrogen (secondary N) is 1. The number of carbonyl (C=O) groups is 1. The van der Waals surface area contributed by atoms with Crippen LogP contribution in [0.2, 0.25) is 0 Å². The van der Waals surface area contributed by atoms with Crippen LogP contribution in [0.3, 0.4) is 0 Å². The van der Waals surface area contributed by atoms with Crippen molar-refractivity contribution < 1.29 is 23.0 Å². The second-order valence-electron chi connectivity index (χ2n) is 8.92. The summed E-state index contributed by atoms with van der Waals surface area (Å²) >= 11 is 0. The van der Waals surface area contributed by atoms with Gasteiger partial charge >= 0.3 is 6.61 Å². The van der Waals surface area contributed by atoms with Crippen LogP contribution in [0.5, 0.6) is 11.5 Å². The molecule has 6 heteroatoms. The van der Waals surface area contributed by atoms with Crippen molar-refractivity contribution in [2.24, 2.45) is 5.92 Å². The Hall–Kier alpha value is -3.41. The van der Waals surface area contributed by atoms with Gasteiger partial charge in [-0.05, 0) is 54.2 Å². The molecule has 3 aromatic rings. The molecule has 0 spiro atoms. The van der Waals surface area contributed by atoms with Gasteiger partial charge in [-0.3, -0.25) is 4.79 Å². The van der Waals surface area contributed by atoms with Gasteiger partial charge in [0, 0.05) is 11.1 Å². The summed E-state index contributed by atoms with van der Waals surface area (Å²) in [6.07, 6.45) is 2.22. The summed E-state index contributed by atoms with van der Waals surface area (Å²) in [4.78, 5) is 13.5. The monoisotopic (exact) mass is 481 g/mol. The molecule has 1 unspecified atom stereocenters. The largest absolute Gasteiger partial charge is 0.489 e. The minimum atomic E-state index is -2.94. The van der Waals surface area contributed by atoms with Gasteiger partial charge in [0.25, 0.3) is 5.91 Å². The summed E-state index contributed by atoms with van der Waals surface area (Å²) in [6.45, 7) is 3.51. The van der Waals surface area contributed by atoms with Crippen LogP contribution in [0.4, 0.5) is 8.78 Å². The van der Waals surface area contributed by atoms with E-state index in [9.17, 15) is 13.6 Å². The highest BCUT2D eigenvalue weighted by molar-refractivity contribution is 5.96. The summed E-state index contributed by atoms with van der Waals surface area (Å²) in [5.74, 6) is 0.809. The van der Waals surface area contributed by atoms with E-state index in [0.29, 0.717) is 24.2 Å². The van der Waals surface area contributed by atoms with Crippen LogP contribution >= 0.6 is 0 Å².